The summed E-state index contributed by atoms with van der Waals surface area (Å²) in [6.45, 7) is 18.5. The molecule has 14 aromatic carbocycles. The third-order valence-corrected chi connectivity index (χ3v) is 27.9. The first-order valence-electron chi connectivity index (χ1n) is 47.8. The fourth-order valence-corrected chi connectivity index (χ4v) is 18.8. The van der Waals surface area contributed by atoms with E-state index in [-0.39, 0.29) is 69.3 Å². The van der Waals surface area contributed by atoms with Gasteiger partial charge in [-0.05, 0) is 138 Å². The Morgan fingerprint density at radius 1 is 0.257 bits per heavy atom. The molecule has 11 aliphatic rings. The Hall–Kier alpha value is -6.82. The fourth-order valence-electron chi connectivity index (χ4n) is 15.8. The quantitative estimate of drug-likeness (QED) is 0.0217. The van der Waals surface area contributed by atoms with Gasteiger partial charge in [-0.3, -0.25) is 0 Å². The molecule has 1 radical (unpaired) electrons. The molecule has 10 heterocycles. The maximum atomic E-state index is 6.07. The number of hydrogen-bond acceptors (Lipinski definition) is 20. The third-order valence-electron chi connectivity index (χ3n) is 24.1. The van der Waals surface area contributed by atoms with Crippen LogP contribution in [0.3, 0.4) is 0 Å². The predicted octanol–water partition coefficient (Wildman–Crippen LogP) is 16.1. The van der Waals surface area contributed by atoms with E-state index >= 15 is 0 Å². The summed E-state index contributed by atoms with van der Waals surface area (Å²) in [5.41, 5.74) is 11.7. The maximum absolute atomic E-state index is 6.07. The van der Waals surface area contributed by atoms with E-state index in [4.69, 9.17) is 94.7 Å². The molecule has 31 heteroatoms. The maximum Gasteiger partial charge on any atom is 0.127 e. The van der Waals surface area contributed by atoms with Crippen LogP contribution in [-0.2, 0) is 95.0 Å². The second-order valence-electron chi connectivity index (χ2n) is 34.8. The second kappa shape index (κ2) is 55.8. The zero-order valence-electron chi connectivity index (χ0n) is 81.3. The number of fused-ring (bicyclic) bond motifs is 6. The van der Waals surface area contributed by atoms with E-state index in [1.165, 1.54) is 76.8 Å². The Balaban J connectivity index is 0.000000132. The number of benzene rings is 14. The molecule has 0 saturated carbocycles. The van der Waals surface area contributed by atoms with Gasteiger partial charge in [0.2, 0.25) is 0 Å². The molecule has 0 spiro atoms. The smallest absolute Gasteiger partial charge is 0.127 e. The van der Waals surface area contributed by atoms with Crippen LogP contribution in [0.5, 0.6) is 46.0 Å². The van der Waals surface area contributed by atoms with E-state index < -0.39 is 5.41 Å². The molecule has 0 aromatic heterocycles. The van der Waals surface area contributed by atoms with Gasteiger partial charge in [0.25, 0.3) is 0 Å². The SMILES string of the molecule is COCC1CO1.COCC1CO1.CP.CP.Pc1c(OCC2CO2)ccc2cccc(-c3cccc4ccc(OCC5CO5)c(P)c34)c12.Pc1c[c-]ccc1OCC1CO1.Pc1c[c-]ccc1OCC1CO1.Pc1cc(-c2ccc(OCC3CO3)c(P)c2)ccc1OCC1CO1.Pc1cc(C2(c3ccc(OCC4CO4)c(P)c3)c3ccccc3-c3ccccc32)ccc1OCC1CO1.[Y].c1ccc2ccccc2c1. The largest absolute Gasteiger partial charge is 0.516 e. The van der Waals surface area contributed by atoms with Crippen LogP contribution in [0.4, 0.5) is 0 Å². The predicted molar refractivity (Wildman–Crippen MR) is 608 cm³/mol. The average molecular weight is 2200 g/mol. The standard InChI is InChI=1S/C31H28O4P2.C26H24O4P2.C18H20O4P2.C10H8.2C9H10O2P.2C4H8O2.2CH5P.Y/c36-29-13-19(9-11-27(29)34-17-21-15-32-21)31(20-10-12-28(30(37)14-20)35-18-22-16-33-22)25-7-3-1-5-23(25)24-6-2-4-8-26(24)31;31-25-21(29-13-17-11-27-17)9-7-15-3-1-5-19(23(15)25)20-6-2-4-16-8-10-22(26(32)24(16)20)30-14-18-12-28-18;23-17-5-11(1-3-15(17)21-9-13-7-19-13)12-2-4-16(18(24)6-12)22-10-14-8-20-14;1-2-6-10-8-4-3-7-9(10)5-1;2*12-9-4-2-1-3-8(9)11-6-7-5-10-7;2*1-5-2-4-3-6-4;2*1-2;/h1-14,21-22H,15-18,36-37H2;1-10,17-18H,11-14,31-32H2;1-6,13-14H,7-10,23-24H2;1-8H;2*1,3-4,7H,5-6,12H2;2*4H,2-3H2,1H3;2*2H2,1H3;/q;;;;2*-1;;;;;. The van der Waals surface area contributed by atoms with Gasteiger partial charge in [-0.1, -0.05) is 194 Å². The van der Waals surface area contributed by atoms with E-state index in [1.54, 1.807) is 14.2 Å². The van der Waals surface area contributed by atoms with Crippen molar-refractivity contribution in [3.8, 4) is 79.4 Å². The summed E-state index contributed by atoms with van der Waals surface area (Å²) in [4.78, 5) is 0. The first-order valence-corrected chi connectivity index (χ1v) is 54.7. The summed E-state index contributed by atoms with van der Waals surface area (Å²) < 4.78 is 108. The Morgan fingerprint density at radius 3 is 0.771 bits per heavy atom. The minimum absolute atomic E-state index is 0. The van der Waals surface area contributed by atoms with Crippen molar-refractivity contribution in [2.75, 3.05) is 160 Å². The summed E-state index contributed by atoms with van der Waals surface area (Å²) in [5.74, 6) is 7.07. The van der Waals surface area contributed by atoms with Crippen molar-refractivity contribution >= 4 is 167 Å². The van der Waals surface area contributed by atoms with Gasteiger partial charge in [0.15, 0.2) is 0 Å². The van der Waals surface area contributed by atoms with Crippen LogP contribution in [0.1, 0.15) is 22.3 Å². The van der Waals surface area contributed by atoms with Crippen LogP contribution in [0, 0.1) is 12.1 Å². The van der Waals surface area contributed by atoms with Crippen molar-refractivity contribution in [2.45, 2.75) is 66.5 Å². The van der Waals surface area contributed by atoms with E-state index in [9.17, 15) is 0 Å². The monoisotopic (exact) mass is 2200 g/mol. The number of methoxy groups -OCH3 is 2. The van der Waals surface area contributed by atoms with Crippen molar-refractivity contribution in [2.24, 2.45) is 0 Å². The fraction of sp³-hybridized carbons (Fsp3) is 0.310. The van der Waals surface area contributed by atoms with Gasteiger partial charge in [-0.15, -0.1) is 86.1 Å². The number of rotatable bonds is 32. The summed E-state index contributed by atoms with van der Waals surface area (Å²) in [6.07, 6.45) is 2.91. The van der Waals surface area contributed by atoms with Gasteiger partial charge < -0.3 is 94.7 Å². The summed E-state index contributed by atoms with van der Waals surface area (Å²) in [7, 11) is 30.5. The van der Waals surface area contributed by atoms with Gasteiger partial charge in [-0.2, -0.15) is 54.9 Å². The normalized spacial score (nSPS) is 19.8. The summed E-state index contributed by atoms with van der Waals surface area (Å²) >= 11 is 0. The van der Waals surface area contributed by atoms with Crippen molar-refractivity contribution in [3.05, 3.63) is 301 Å². The topological polar surface area (TPSA) is 218 Å². The van der Waals surface area contributed by atoms with Crippen molar-refractivity contribution < 1.29 is 127 Å². The third kappa shape index (κ3) is 32.6. The molecule has 0 N–H and O–H groups in total. The van der Waals surface area contributed by atoms with Crippen LogP contribution < -0.4 is 80.3 Å². The number of epoxide rings is 10. The van der Waals surface area contributed by atoms with E-state index in [0.29, 0.717) is 77.3 Å². The van der Waals surface area contributed by atoms with Crippen LogP contribution in [0.2, 0.25) is 0 Å². The first-order chi connectivity index (χ1) is 70.1. The Morgan fingerprint density at radius 2 is 0.500 bits per heavy atom. The van der Waals surface area contributed by atoms with Crippen molar-refractivity contribution in [3.63, 3.8) is 0 Å². The molecular formula is C113H126O20P10Y-2. The molecule has 10 aliphatic heterocycles. The molecule has 144 heavy (non-hydrogen) atoms. The molecule has 10 saturated heterocycles. The Bertz CT molecular complexity index is 6100. The molecule has 10 fully saturated rings. The van der Waals surface area contributed by atoms with Gasteiger partial charge in [0.05, 0.1) is 84.7 Å². The molecule has 753 valence electrons. The summed E-state index contributed by atoms with van der Waals surface area (Å²) in [5, 5.41) is 15.7. The van der Waals surface area contributed by atoms with Crippen LogP contribution in [0.25, 0.3) is 65.7 Å². The molecule has 14 aromatic rings. The minimum atomic E-state index is -0.472. The molecule has 1 aliphatic carbocycles. The number of ether oxygens (including phenoxy) is 20. The van der Waals surface area contributed by atoms with Crippen molar-refractivity contribution in [1.29, 1.82) is 0 Å². The van der Waals surface area contributed by atoms with Crippen LogP contribution >= 0.6 is 92.4 Å². The molecular weight excluding hydrogens is 2080 g/mol. The first kappa shape index (κ1) is 111. The Kier molecular flexibility index (Phi) is 43.1. The second-order valence-corrected chi connectivity index (χ2v) is 39.7. The molecule has 25 rings (SSSR count). The molecule has 20 unspecified atom stereocenters. The van der Waals surface area contributed by atoms with Crippen LogP contribution in [0.15, 0.2) is 267 Å². The van der Waals surface area contributed by atoms with E-state index in [0.717, 1.165) is 179 Å². The van der Waals surface area contributed by atoms with E-state index in [1.807, 2.05) is 74.0 Å². The average Bonchev–Trinajstić information content (AvgIpc) is 1.54. The van der Waals surface area contributed by atoms with Gasteiger partial charge in [-0.25, -0.2) is 0 Å². The molecule has 0 bridgehead atoms. The van der Waals surface area contributed by atoms with Crippen molar-refractivity contribution in [1.82, 2.24) is 0 Å². The van der Waals surface area contributed by atoms with E-state index in [2.05, 4.69) is 311 Å². The zero-order chi connectivity index (χ0) is 99.6. The van der Waals surface area contributed by atoms with Gasteiger partial charge in [0.1, 0.15) is 148 Å². The summed E-state index contributed by atoms with van der Waals surface area (Å²) in [6, 6.07) is 98.3. The molecule has 20 atom stereocenters. The van der Waals surface area contributed by atoms with Crippen LogP contribution in [-0.4, -0.2) is 221 Å². The molecule has 0 amide bonds. The van der Waals surface area contributed by atoms with Gasteiger partial charge >= 0.3 is 0 Å². The Labute approximate surface area is 894 Å². The minimum Gasteiger partial charge on any atom is -0.516 e. The zero-order valence-corrected chi connectivity index (χ0v) is 95.7. The molecule has 20 nitrogen and oxygen atoms in total. The number of hydrogen-bond donors (Lipinski definition) is 0. The van der Waals surface area contributed by atoms with Gasteiger partial charge in [0, 0.05) is 101 Å².